The van der Waals surface area contributed by atoms with Gasteiger partial charge in [0.1, 0.15) is 0 Å². The molecule has 1 fully saturated rings. The average Bonchev–Trinajstić information content (AvgIpc) is 2.77. The fraction of sp³-hybridized carbons (Fsp3) is 0.375. The smallest absolute Gasteiger partial charge is 0.244 e. The summed E-state index contributed by atoms with van der Waals surface area (Å²) in [5.74, 6) is 1.22. The first-order valence-electron chi connectivity index (χ1n) is 10.4. The molecule has 1 aliphatic rings. The van der Waals surface area contributed by atoms with Gasteiger partial charge in [0, 0.05) is 44.5 Å². The SMILES string of the molecule is CCOc1cc(/C=C/C(=O)NCc2ccccc2N2CCN(C)CC2)ccc1OC. The lowest BCUT2D eigenvalue weighted by molar-refractivity contribution is -0.116. The number of carbonyl (C=O) groups is 1. The van der Waals surface area contributed by atoms with Gasteiger partial charge in [-0.3, -0.25) is 4.79 Å². The quantitative estimate of drug-likeness (QED) is 0.679. The highest BCUT2D eigenvalue weighted by Crippen LogP contribution is 2.28. The number of rotatable bonds is 8. The minimum atomic E-state index is -0.128. The zero-order chi connectivity index (χ0) is 21.3. The van der Waals surface area contributed by atoms with Gasteiger partial charge in [-0.2, -0.15) is 0 Å². The van der Waals surface area contributed by atoms with Crippen molar-refractivity contribution in [2.45, 2.75) is 13.5 Å². The third-order valence-corrected chi connectivity index (χ3v) is 5.20. The molecule has 2 aromatic carbocycles. The Bertz CT molecular complexity index is 874. The number of hydrogen-bond donors (Lipinski definition) is 1. The van der Waals surface area contributed by atoms with Crippen molar-refractivity contribution < 1.29 is 14.3 Å². The van der Waals surface area contributed by atoms with Crippen LogP contribution in [0.25, 0.3) is 6.08 Å². The summed E-state index contributed by atoms with van der Waals surface area (Å²) in [6.07, 6.45) is 3.33. The number of piperazine rings is 1. The zero-order valence-electron chi connectivity index (χ0n) is 18.1. The van der Waals surface area contributed by atoms with Crippen LogP contribution in [0.2, 0.25) is 0 Å². The molecule has 1 heterocycles. The van der Waals surface area contributed by atoms with Gasteiger partial charge in [-0.25, -0.2) is 0 Å². The number of carbonyl (C=O) groups excluding carboxylic acids is 1. The number of anilines is 1. The van der Waals surface area contributed by atoms with Crippen LogP contribution in [-0.2, 0) is 11.3 Å². The van der Waals surface area contributed by atoms with E-state index in [-0.39, 0.29) is 5.91 Å². The summed E-state index contributed by atoms with van der Waals surface area (Å²) in [5.41, 5.74) is 3.21. The maximum Gasteiger partial charge on any atom is 0.244 e. The number of hydrogen-bond acceptors (Lipinski definition) is 5. The predicted molar refractivity (Wildman–Crippen MR) is 121 cm³/mol. The van der Waals surface area contributed by atoms with E-state index in [1.165, 1.54) is 5.69 Å². The molecule has 30 heavy (non-hydrogen) atoms. The van der Waals surface area contributed by atoms with Crippen molar-refractivity contribution >= 4 is 17.7 Å². The summed E-state index contributed by atoms with van der Waals surface area (Å²) in [4.78, 5) is 17.1. The van der Waals surface area contributed by atoms with E-state index in [0.29, 0.717) is 24.7 Å². The molecule has 0 saturated carbocycles. The predicted octanol–water partition coefficient (Wildman–Crippen LogP) is 3.18. The monoisotopic (exact) mass is 409 g/mol. The lowest BCUT2D eigenvalue weighted by Crippen LogP contribution is -2.45. The highest BCUT2D eigenvalue weighted by atomic mass is 16.5. The lowest BCUT2D eigenvalue weighted by Gasteiger charge is -2.35. The molecule has 160 valence electrons. The van der Waals surface area contributed by atoms with Crippen LogP contribution in [0.1, 0.15) is 18.1 Å². The fourth-order valence-electron chi connectivity index (χ4n) is 3.49. The molecule has 3 rings (SSSR count). The highest BCUT2D eigenvalue weighted by molar-refractivity contribution is 5.91. The number of likely N-dealkylation sites (N-methyl/N-ethyl adjacent to an activating group) is 1. The second-order valence-electron chi connectivity index (χ2n) is 7.31. The molecule has 2 aromatic rings. The van der Waals surface area contributed by atoms with Crippen molar-refractivity contribution in [2.24, 2.45) is 0 Å². The molecule has 6 heteroatoms. The van der Waals surface area contributed by atoms with Crippen LogP contribution in [0.4, 0.5) is 5.69 Å². The zero-order valence-corrected chi connectivity index (χ0v) is 18.1. The molecule has 1 N–H and O–H groups in total. The fourth-order valence-corrected chi connectivity index (χ4v) is 3.49. The second-order valence-corrected chi connectivity index (χ2v) is 7.31. The number of ether oxygens (including phenoxy) is 2. The Labute approximate surface area is 179 Å². The summed E-state index contributed by atoms with van der Waals surface area (Å²) in [6, 6.07) is 13.9. The topological polar surface area (TPSA) is 54.0 Å². The summed E-state index contributed by atoms with van der Waals surface area (Å²) in [7, 11) is 3.76. The van der Waals surface area contributed by atoms with E-state index in [4.69, 9.17) is 9.47 Å². The van der Waals surface area contributed by atoms with Crippen LogP contribution < -0.4 is 19.7 Å². The van der Waals surface area contributed by atoms with E-state index in [9.17, 15) is 4.79 Å². The number of benzene rings is 2. The second kappa shape index (κ2) is 10.7. The van der Waals surface area contributed by atoms with Crippen LogP contribution in [0.15, 0.2) is 48.5 Å². The standard InChI is InChI=1S/C24H31N3O3/c1-4-30-23-17-19(9-11-22(23)29-3)10-12-24(28)25-18-20-7-5-6-8-21(20)27-15-13-26(2)14-16-27/h5-12,17H,4,13-16,18H2,1-3H3,(H,25,28)/b12-10+. The minimum absolute atomic E-state index is 0.128. The number of nitrogens with one attached hydrogen (secondary N) is 1. The summed E-state index contributed by atoms with van der Waals surface area (Å²) < 4.78 is 10.9. The van der Waals surface area contributed by atoms with Gasteiger partial charge in [-0.05, 0) is 49.4 Å². The first-order valence-corrected chi connectivity index (χ1v) is 10.4. The summed E-state index contributed by atoms with van der Waals surface area (Å²) >= 11 is 0. The molecule has 0 spiro atoms. The van der Waals surface area contributed by atoms with Gasteiger partial charge in [0.2, 0.25) is 5.91 Å². The Kier molecular flexibility index (Phi) is 7.74. The van der Waals surface area contributed by atoms with Gasteiger partial charge in [0.25, 0.3) is 0 Å². The number of para-hydroxylation sites is 1. The van der Waals surface area contributed by atoms with Crippen LogP contribution in [-0.4, -0.2) is 57.8 Å². The molecule has 0 bridgehead atoms. The molecule has 1 saturated heterocycles. The van der Waals surface area contributed by atoms with Crippen LogP contribution in [0.5, 0.6) is 11.5 Å². The molecule has 1 amide bonds. The van der Waals surface area contributed by atoms with Crippen molar-refractivity contribution in [1.82, 2.24) is 10.2 Å². The molecule has 0 aromatic heterocycles. The number of methoxy groups -OCH3 is 1. The average molecular weight is 410 g/mol. The van der Waals surface area contributed by atoms with Crippen LogP contribution >= 0.6 is 0 Å². The van der Waals surface area contributed by atoms with Gasteiger partial charge < -0.3 is 24.6 Å². The van der Waals surface area contributed by atoms with Gasteiger partial charge in [-0.1, -0.05) is 24.3 Å². The van der Waals surface area contributed by atoms with Gasteiger partial charge in [-0.15, -0.1) is 0 Å². The Morgan fingerprint density at radius 2 is 1.87 bits per heavy atom. The minimum Gasteiger partial charge on any atom is -0.493 e. The Hall–Kier alpha value is -2.99. The van der Waals surface area contributed by atoms with E-state index in [1.54, 1.807) is 19.3 Å². The first-order chi connectivity index (χ1) is 14.6. The maximum atomic E-state index is 12.4. The first kappa shape index (κ1) is 21.7. The molecular weight excluding hydrogens is 378 g/mol. The molecule has 6 nitrogen and oxygen atoms in total. The Morgan fingerprint density at radius 1 is 1.10 bits per heavy atom. The molecule has 0 unspecified atom stereocenters. The van der Waals surface area contributed by atoms with Crippen molar-refractivity contribution in [3.8, 4) is 11.5 Å². The molecule has 1 aliphatic heterocycles. The summed E-state index contributed by atoms with van der Waals surface area (Å²) in [6.45, 7) is 7.08. The molecule has 0 radical (unpaired) electrons. The largest absolute Gasteiger partial charge is 0.493 e. The van der Waals surface area contributed by atoms with E-state index in [1.807, 2.05) is 31.2 Å². The highest BCUT2D eigenvalue weighted by Gasteiger charge is 2.16. The van der Waals surface area contributed by atoms with Crippen molar-refractivity contribution in [2.75, 3.05) is 51.8 Å². The van der Waals surface area contributed by atoms with Crippen LogP contribution in [0, 0.1) is 0 Å². The van der Waals surface area contributed by atoms with E-state index < -0.39 is 0 Å². The third-order valence-electron chi connectivity index (χ3n) is 5.20. The molecule has 0 atom stereocenters. The Balaban J connectivity index is 1.61. The number of amides is 1. The summed E-state index contributed by atoms with van der Waals surface area (Å²) in [5, 5.41) is 3.00. The van der Waals surface area contributed by atoms with Crippen molar-refractivity contribution in [3.63, 3.8) is 0 Å². The van der Waals surface area contributed by atoms with Crippen molar-refractivity contribution in [1.29, 1.82) is 0 Å². The van der Waals surface area contributed by atoms with E-state index in [2.05, 4.69) is 40.4 Å². The van der Waals surface area contributed by atoms with E-state index in [0.717, 1.165) is 37.3 Å². The van der Waals surface area contributed by atoms with Gasteiger partial charge in [0.05, 0.1) is 13.7 Å². The van der Waals surface area contributed by atoms with Crippen molar-refractivity contribution in [3.05, 3.63) is 59.7 Å². The third kappa shape index (κ3) is 5.76. The lowest BCUT2D eigenvalue weighted by atomic mass is 10.1. The Morgan fingerprint density at radius 3 is 2.60 bits per heavy atom. The van der Waals surface area contributed by atoms with Crippen LogP contribution in [0.3, 0.4) is 0 Å². The normalized spacial score (nSPS) is 14.7. The van der Waals surface area contributed by atoms with Gasteiger partial charge in [0.15, 0.2) is 11.5 Å². The molecular formula is C24H31N3O3. The maximum absolute atomic E-state index is 12.4. The number of nitrogens with zero attached hydrogens (tertiary/aromatic N) is 2. The van der Waals surface area contributed by atoms with E-state index >= 15 is 0 Å². The molecule has 0 aliphatic carbocycles. The van der Waals surface area contributed by atoms with Gasteiger partial charge >= 0.3 is 0 Å².